The second kappa shape index (κ2) is 6.62. The summed E-state index contributed by atoms with van der Waals surface area (Å²) in [6, 6.07) is 5.11. The number of methoxy groups -OCH3 is 1. The molecule has 2 aromatic rings. The standard InChI is InChI=1S/C22H25NO5Si/c1-27-15-7-5-6-13-16(15)19(23)17-18(21(13)25)22(26)14-10-11(28-29(2,3)4)8-9-12(14)20(17)24/h5-8,12,14,25H,9-10,23H2,1-4H3/t12-,14+/m0/s1. The highest BCUT2D eigenvalue weighted by Gasteiger charge is 2.46. The molecule has 3 N–H and O–H groups in total. The molecule has 7 heteroatoms. The maximum Gasteiger partial charge on any atom is 0.241 e. The minimum absolute atomic E-state index is 0.0313. The summed E-state index contributed by atoms with van der Waals surface area (Å²) >= 11 is 0. The first-order valence-electron chi connectivity index (χ1n) is 9.71. The van der Waals surface area contributed by atoms with E-state index >= 15 is 0 Å². The quantitative estimate of drug-likeness (QED) is 0.444. The van der Waals surface area contributed by atoms with Gasteiger partial charge in [0.25, 0.3) is 0 Å². The number of hydrogen-bond acceptors (Lipinski definition) is 6. The molecule has 29 heavy (non-hydrogen) atoms. The van der Waals surface area contributed by atoms with E-state index in [0.717, 1.165) is 5.76 Å². The van der Waals surface area contributed by atoms with Gasteiger partial charge in [0, 0.05) is 23.6 Å². The van der Waals surface area contributed by atoms with Crippen LogP contribution in [-0.4, -0.2) is 32.1 Å². The lowest BCUT2D eigenvalue weighted by Gasteiger charge is -2.36. The number of ether oxygens (including phenoxy) is 1. The fraction of sp³-hybridized carbons (Fsp3) is 0.364. The third kappa shape index (κ3) is 3.00. The molecule has 0 amide bonds. The monoisotopic (exact) mass is 411 g/mol. The molecule has 0 spiro atoms. The van der Waals surface area contributed by atoms with Crippen LogP contribution in [0.15, 0.2) is 30.0 Å². The number of rotatable bonds is 3. The molecule has 0 aromatic heterocycles. The predicted molar refractivity (Wildman–Crippen MR) is 114 cm³/mol. The summed E-state index contributed by atoms with van der Waals surface area (Å²) in [5.41, 5.74) is 6.71. The second-order valence-corrected chi connectivity index (χ2v) is 13.1. The van der Waals surface area contributed by atoms with Crippen LogP contribution in [0.1, 0.15) is 33.6 Å². The molecule has 6 nitrogen and oxygen atoms in total. The third-order valence-electron chi connectivity index (χ3n) is 5.64. The van der Waals surface area contributed by atoms with Crippen molar-refractivity contribution in [2.45, 2.75) is 32.5 Å². The van der Waals surface area contributed by atoms with Crippen LogP contribution in [-0.2, 0) is 4.43 Å². The number of allylic oxidation sites excluding steroid dienone is 2. The van der Waals surface area contributed by atoms with Crippen LogP contribution >= 0.6 is 0 Å². The van der Waals surface area contributed by atoms with Gasteiger partial charge in [0.15, 0.2) is 11.6 Å². The molecule has 0 radical (unpaired) electrons. The van der Waals surface area contributed by atoms with Gasteiger partial charge in [-0.15, -0.1) is 0 Å². The zero-order chi connectivity index (χ0) is 21.1. The molecule has 0 saturated carbocycles. The van der Waals surface area contributed by atoms with E-state index in [9.17, 15) is 14.7 Å². The number of hydrogen-bond donors (Lipinski definition) is 2. The van der Waals surface area contributed by atoms with Crippen LogP contribution in [0.2, 0.25) is 19.6 Å². The molecule has 2 aliphatic carbocycles. The SMILES string of the molecule is COc1cccc2c(O)c3c(c(N)c12)C(=O)[C@H]1CC=C(O[Si](C)(C)C)C[C@H]1C3=O. The molecule has 0 unspecified atom stereocenters. The Morgan fingerprint density at radius 1 is 1.10 bits per heavy atom. The predicted octanol–water partition coefficient (Wildman–Crippen LogP) is 4.28. The van der Waals surface area contributed by atoms with Crippen LogP contribution in [0.4, 0.5) is 5.69 Å². The van der Waals surface area contributed by atoms with Gasteiger partial charge in [-0.25, -0.2) is 0 Å². The van der Waals surface area contributed by atoms with Crippen molar-refractivity contribution in [2.75, 3.05) is 12.8 Å². The lowest BCUT2D eigenvalue weighted by Crippen LogP contribution is -2.40. The van der Waals surface area contributed by atoms with Crippen molar-refractivity contribution in [3.05, 3.63) is 41.2 Å². The van der Waals surface area contributed by atoms with Gasteiger partial charge in [0.05, 0.1) is 35.1 Å². The Balaban J connectivity index is 1.88. The van der Waals surface area contributed by atoms with Gasteiger partial charge in [-0.05, 0) is 38.2 Å². The Morgan fingerprint density at radius 2 is 1.79 bits per heavy atom. The van der Waals surface area contributed by atoms with E-state index in [-0.39, 0.29) is 34.1 Å². The number of benzene rings is 2. The molecular formula is C22H25NO5Si. The highest BCUT2D eigenvalue weighted by Crippen LogP contribution is 2.49. The Hall–Kier alpha value is -2.80. The maximum atomic E-state index is 13.4. The lowest BCUT2D eigenvalue weighted by atomic mass is 9.68. The van der Waals surface area contributed by atoms with E-state index in [1.54, 1.807) is 18.2 Å². The van der Waals surface area contributed by atoms with Gasteiger partial charge >= 0.3 is 0 Å². The highest BCUT2D eigenvalue weighted by atomic mass is 28.4. The third-order valence-corrected chi connectivity index (χ3v) is 6.51. The summed E-state index contributed by atoms with van der Waals surface area (Å²) in [6.45, 7) is 6.24. The van der Waals surface area contributed by atoms with E-state index in [2.05, 4.69) is 19.6 Å². The number of nitrogen functional groups attached to an aromatic ring is 1. The summed E-state index contributed by atoms with van der Waals surface area (Å²) < 4.78 is 11.5. The number of fused-ring (bicyclic) bond motifs is 3. The van der Waals surface area contributed by atoms with Gasteiger partial charge in [-0.2, -0.15) is 0 Å². The van der Waals surface area contributed by atoms with Crippen LogP contribution in [0.3, 0.4) is 0 Å². The summed E-state index contributed by atoms with van der Waals surface area (Å²) in [4.78, 5) is 26.8. The smallest absolute Gasteiger partial charge is 0.241 e. The number of nitrogens with two attached hydrogens (primary N) is 1. The van der Waals surface area contributed by atoms with Gasteiger partial charge in [0.1, 0.15) is 11.5 Å². The van der Waals surface area contributed by atoms with Gasteiger partial charge in [0.2, 0.25) is 8.32 Å². The number of carbonyl (C=O) groups excluding carboxylic acids is 2. The molecule has 4 rings (SSSR count). The number of anilines is 1. The minimum Gasteiger partial charge on any atom is -0.548 e. The average Bonchev–Trinajstić information content (AvgIpc) is 2.66. The molecule has 2 aromatic carbocycles. The van der Waals surface area contributed by atoms with Crippen molar-refractivity contribution >= 4 is 36.3 Å². The molecule has 0 saturated heterocycles. The summed E-state index contributed by atoms with van der Waals surface area (Å²) in [5.74, 6) is -0.462. The second-order valence-electron chi connectivity index (χ2n) is 8.66. The average molecular weight is 412 g/mol. The Morgan fingerprint density at radius 3 is 2.45 bits per heavy atom. The summed E-state index contributed by atoms with van der Waals surface area (Å²) in [7, 11) is -0.327. The minimum atomic E-state index is -1.83. The van der Waals surface area contributed by atoms with Crippen molar-refractivity contribution in [1.29, 1.82) is 0 Å². The number of ketones is 2. The van der Waals surface area contributed by atoms with Crippen molar-refractivity contribution in [2.24, 2.45) is 11.8 Å². The number of Topliss-reactive ketones (excluding diaryl/α,β-unsaturated/α-hetero) is 2. The fourth-order valence-corrected chi connectivity index (χ4v) is 5.42. The number of phenols is 1. The van der Waals surface area contributed by atoms with Crippen LogP contribution in [0.5, 0.6) is 11.5 Å². The first-order chi connectivity index (χ1) is 13.6. The van der Waals surface area contributed by atoms with Crippen LogP contribution < -0.4 is 10.5 Å². The molecular weight excluding hydrogens is 386 g/mol. The van der Waals surface area contributed by atoms with Crippen molar-refractivity contribution in [3.8, 4) is 11.5 Å². The zero-order valence-corrected chi connectivity index (χ0v) is 18.0. The Bertz CT molecular complexity index is 1080. The first kappa shape index (κ1) is 19.5. The van der Waals surface area contributed by atoms with E-state index in [1.165, 1.54) is 7.11 Å². The van der Waals surface area contributed by atoms with Crippen LogP contribution in [0.25, 0.3) is 10.8 Å². The van der Waals surface area contributed by atoms with Gasteiger partial charge in [-0.1, -0.05) is 12.1 Å². The Kier molecular flexibility index (Phi) is 4.46. The van der Waals surface area contributed by atoms with Gasteiger partial charge < -0.3 is 20.0 Å². The zero-order valence-electron chi connectivity index (χ0n) is 17.0. The molecule has 0 fully saturated rings. The molecule has 0 aliphatic heterocycles. The molecule has 0 bridgehead atoms. The topological polar surface area (TPSA) is 98.9 Å². The fourth-order valence-electron chi connectivity index (χ4n) is 4.46. The first-order valence-corrected chi connectivity index (χ1v) is 13.1. The number of phenolic OH excluding ortho intramolecular Hbond substituents is 1. The molecule has 0 heterocycles. The maximum absolute atomic E-state index is 13.4. The largest absolute Gasteiger partial charge is 0.548 e. The van der Waals surface area contributed by atoms with Crippen LogP contribution in [0, 0.1) is 11.8 Å². The molecule has 2 aliphatic rings. The normalized spacial score (nSPS) is 21.4. The summed E-state index contributed by atoms with van der Waals surface area (Å²) in [5, 5.41) is 11.8. The Labute approximate surface area is 170 Å². The molecule has 152 valence electrons. The number of aromatic hydroxyl groups is 1. The highest BCUT2D eigenvalue weighted by molar-refractivity contribution is 6.70. The summed E-state index contributed by atoms with van der Waals surface area (Å²) in [6.07, 6.45) is 2.72. The van der Waals surface area contributed by atoms with Crippen molar-refractivity contribution in [3.63, 3.8) is 0 Å². The van der Waals surface area contributed by atoms with Gasteiger partial charge in [-0.3, -0.25) is 9.59 Å². The van der Waals surface area contributed by atoms with E-state index in [1.807, 2.05) is 6.08 Å². The van der Waals surface area contributed by atoms with E-state index in [4.69, 9.17) is 14.9 Å². The number of carbonyl (C=O) groups is 2. The van der Waals surface area contributed by atoms with E-state index < -0.39 is 20.2 Å². The van der Waals surface area contributed by atoms with Crippen molar-refractivity contribution < 1.29 is 23.9 Å². The van der Waals surface area contributed by atoms with E-state index in [0.29, 0.717) is 29.4 Å². The van der Waals surface area contributed by atoms with Crippen molar-refractivity contribution in [1.82, 2.24) is 0 Å². The molecule has 2 atom stereocenters. The lowest BCUT2D eigenvalue weighted by molar-refractivity contribution is 0.0709.